The Kier molecular flexibility index (Phi) is 6.86. The van der Waals surface area contributed by atoms with Crippen molar-refractivity contribution < 1.29 is 18.7 Å². The van der Waals surface area contributed by atoms with E-state index < -0.39 is 0 Å². The minimum atomic E-state index is -0.213. The molecule has 1 atom stereocenters. The van der Waals surface area contributed by atoms with Crippen LogP contribution in [0.5, 0.6) is 0 Å². The number of imide groups is 1. The molecule has 2 aliphatic heterocycles. The molecule has 6 nitrogen and oxygen atoms in total. The van der Waals surface area contributed by atoms with Gasteiger partial charge in [-0.25, -0.2) is 4.39 Å². The molecule has 0 N–H and O–H groups in total. The van der Waals surface area contributed by atoms with Gasteiger partial charge in [0.25, 0.3) is 11.8 Å². The molecular weight excluding hydrogens is 409 g/mol. The maximum absolute atomic E-state index is 13.2. The Morgan fingerprint density at radius 3 is 2.41 bits per heavy atom. The van der Waals surface area contributed by atoms with E-state index >= 15 is 0 Å². The molecule has 2 amide bonds. The van der Waals surface area contributed by atoms with Crippen LogP contribution >= 0.6 is 0 Å². The number of nitrogens with zero attached hydrogens (tertiary/aromatic N) is 3. The van der Waals surface area contributed by atoms with Gasteiger partial charge in [0.05, 0.1) is 16.8 Å². The summed E-state index contributed by atoms with van der Waals surface area (Å²) in [5.74, 6) is -0.631. The summed E-state index contributed by atoms with van der Waals surface area (Å²) in [7, 11) is 1.61. The lowest BCUT2D eigenvalue weighted by Gasteiger charge is -2.39. The maximum Gasteiger partial charge on any atom is 0.263 e. The van der Waals surface area contributed by atoms with Gasteiger partial charge in [-0.2, -0.15) is 0 Å². The standard InChI is InChI=1S/C25H30FN3O3/c1-18(17-19-7-9-20(26)10-8-19)27-12-14-28(15-13-27)22-6-3-5-21-23(22)25(31)29(24(21)30)11-4-16-32-2/h3,5-10,18H,4,11-17H2,1-2H3. The number of fused-ring (bicyclic) bond motifs is 1. The van der Waals surface area contributed by atoms with Crippen molar-refractivity contribution in [1.29, 1.82) is 0 Å². The van der Waals surface area contributed by atoms with Crippen LogP contribution in [0.1, 0.15) is 39.6 Å². The SMILES string of the molecule is COCCCN1C(=O)c2cccc(N3CCN(C(C)Cc4ccc(F)cc4)CC3)c2C1=O. The maximum atomic E-state index is 13.2. The average molecular weight is 440 g/mol. The molecule has 2 aromatic carbocycles. The summed E-state index contributed by atoms with van der Waals surface area (Å²) in [5.41, 5.74) is 3.00. The lowest BCUT2D eigenvalue weighted by molar-refractivity contribution is 0.0639. The van der Waals surface area contributed by atoms with Gasteiger partial charge in [-0.1, -0.05) is 18.2 Å². The number of ether oxygens (including phenoxy) is 1. The molecule has 0 saturated carbocycles. The zero-order valence-corrected chi connectivity index (χ0v) is 18.7. The number of halogens is 1. The zero-order valence-electron chi connectivity index (χ0n) is 18.7. The molecule has 7 heteroatoms. The molecule has 32 heavy (non-hydrogen) atoms. The summed E-state index contributed by atoms with van der Waals surface area (Å²) in [6.45, 7) is 6.38. The van der Waals surface area contributed by atoms with Gasteiger partial charge in [-0.05, 0) is 49.6 Å². The number of carbonyl (C=O) groups excluding carboxylic acids is 2. The van der Waals surface area contributed by atoms with E-state index in [2.05, 4.69) is 16.7 Å². The molecule has 0 aromatic heterocycles. The van der Waals surface area contributed by atoms with E-state index in [1.54, 1.807) is 13.2 Å². The molecule has 170 valence electrons. The van der Waals surface area contributed by atoms with Gasteiger partial charge in [0.15, 0.2) is 0 Å². The van der Waals surface area contributed by atoms with Crippen LogP contribution in [0.2, 0.25) is 0 Å². The first-order valence-corrected chi connectivity index (χ1v) is 11.2. The van der Waals surface area contributed by atoms with Gasteiger partial charge in [0, 0.05) is 52.5 Å². The molecular formula is C25H30FN3O3. The van der Waals surface area contributed by atoms with E-state index in [1.165, 1.54) is 17.0 Å². The van der Waals surface area contributed by atoms with E-state index in [9.17, 15) is 14.0 Å². The number of methoxy groups -OCH3 is 1. The highest BCUT2D eigenvalue weighted by atomic mass is 19.1. The highest BCUT2D eigenvalue weighted by Gasteiger charge is 2.38. The van der Waals surface area contributed by atoms with Crippen molar-refractivity contribution in [2.24, 2.45) is 0 Å². The van der Waals surface area contributed by atoms with E-state index in [4.69, 9.17) is 4.74 Å². The summed E-state index contributed by atoms with van der Waals surface area (Å²) in [6.07, 6.45) is 1.49. The van der Waals surface area contributed by atoms with Crippen LogP contribution in [0.25, 0.3) is 0 Å². The third-order valence-corrected chi connectivity index (χ3v) is 6.43. The summed E-state index contributed by atoms with van der Waals surface area (Å²) in [5, 5.41) is 0. The molecule has 1 unspecified atom stereocenters. The molecule has 0 aliphatic carbocycles. The number of hydrogen-bond donors (Lipinski definition) is 0. The van der Waals surface area contributed by atoms with Crippen LogP contribution in [-0.2, 0) is 11.2 Å². The molecule has 2 heterocycles. The molecule has 2 aliphatic rings. The van der Waals surface area contributed by atoms with E-state index in [1.807, 2.05) is 24.3 Å². The van der Waals surface area contributed by atoms with Crippen LogP contribution in [0.15, 0.2) is 42.5 Å². The molecule has 1 fully saturated rings. The number of carbonyl (C=O) groups is 2. The molecule has 2 aromatic rings. The minimum Gasteiger partial charge on any atom is -0.385 e. The summed E-state index contributed by atoms with van der Waals surface area (Å²) in [4.78, 5) is 31.8. The minimum absolute atomic E-state index is 0.205. The van der Waals surface area contributed by atoms with Crippen LogP contribution < -0.4 is 4.90 Å². The molecule has 0 bridgehead atoms. The first-order chi connectivity index (χ1) is 15.5. The van der Waals surface area contributed by atoms with Crippen molar-refractivity contribution in [3.8, 4) is 0 Å². The fourth-order valence-corrected chi connectivity index (χ4v) is 4.64. The number of amides is 2. The Hall–Kier alpha value is -2.77. The Morgan fingerprint density at radius 1 is 1.00 bits per heavy atom. The van der Waals surface area contributed by atoms with Gasteiger partial charge in [-0.3, -0.25) is 19.4 Å². The Balaban J connectivity index is 1.41. The highest BCUT2D eigenvalue weighted by Crippen LogP contribution is 2.32. The van der Waals surface area contributed by atoms with Gasteiger partial charge in [0.2, 0.25) is 0 Å². The zero-order chi connectivity index (χ0) is 22.7. The quantitative estimate of drug-likeness (QED) is 0.467. The van der Waals surface area contributed by atoms with Crippen molar-refractivity contribution in [2.45, 2.75) is 25.8 Å². The molecule has 0 radical (unpaired) electrons. The Morgan fingerprint density at radius 2 is 1.72 bits per heavy atom. The summed E-state index contributed by atoms with van der Waals surface area (Å²) >= 11 is 0. The van der Waals surface area contributed by atoms with Crippen LogP contribution in [0.4, 0.5) is 10.1 Å². The van der Waals surface area contributed by atoms with Gasteiger partial charge in [-0.15, -0.1) is 0 Å². The molecule has 4 rings (SSSR count). The predicted octanol–water partition coefficient (Wildman–Crippen LogP) is 3.21. The number of piperazine rings is 1. The lowest BCUT2D eigenvalue weighted by Crippen LogP contribution is -2.50. The topological polar surface area (TPSA) is 53.1 Å². The normalized spacial score (nSPS) is 17.7. The van der Waals surface area contributed by atoms with E-state index in [-0.39, 0.29) is 17.6 Å². The fraction of sp³-hybridized carbons (Fsp3) is 0.440. The third kappa shape index (κ3) is 4.54. The third-order valence-electron chi connectivity index (χ3n) is 6.43. The van der Waals surface area contributed by atoms with Crippen molar-refractivity contribution in [3.63, 3.8) is 0 Å². The number of benzene rings is 2. The monoisotopic (exact) mass is 439 g/mol. The number of hydrogen-bond acceptors (Lipinski definition) is 5. The fourth-order valence-electron chi connectivity index (χ4n) is 4.64. The Labute approximate surface area is 188 Å². The van der Waals surface area contributed by atoms with Crippen LogP contribution in [0, 0.1) is 5.82 Å². The Bertz CT molecular complexity index is 971. The molecule has 1 saturated heterocycles. The second-order valence-electron chi connectivity index (χ2n) is 8.51. The number of anilines is 1. The summed E-state index contributed by atoms with van der Waals surface area (Å²) < 4.78 is 18.2. The first-order valence-electron chi connectivity index (χ1n) is 11.2. The van der Waals surface area contributed by atoms with Crippen molar-refractivity contribution >= 4 is 17.5 Å². The smallest absolute Gasteiger partial charge is 0.263 e. The summed E-state index contributed by atoms with van der Waals surface area (Å²) in [6, 6.07) is 12.6. The second-order valence-corrected chi connectivity index (χ2v) is 8.51. The van der Waals surface area contributed by atoms with Crippen molar-refractivity contribution in [2.75, 3.05) is 51.3 Å². The molecule has 0 spiro atoms. The van der Waals surface area contributed by atoms with Crippen LogP contribution in [-0.4, -0.2) is 74.1 Å². The van der Waals surface area contributed by atoms with Crippen molar-refractivity contribution in [1.82, 2.24) is 9.80 Å². The van der Waals surface area contributed by atoms with Crippen LogP contribution in [0.3, 0.4) is 0 Å². The number of rotatable bonds is 8. The van der Waals surface area contributed by atoms with E-state index in [0.29, 0.717) is 36.7 Å². The largest absolute Gasteiger partial charge is 0.385 e. The van der Waals surface area contributed by atoms with Gasteiger partial charge in [0.1, 0.15) is 5.82 Å². The van der Waals surface area contributed by atoms with E-state index in [0.717, 1.165) is 43.9 Å². The average Bonchev–Trinajstić information content (AvgIpc) is 3.06. The highest BCUT2D eigenvalue weighted by molar-refractivity contribution is 6.23. The predicted molar refractivity (Wildman–Crippen MR) is 122 cm³/mol. The van der Waals surface area contributed by atoms with Crippen molar-refractivity contribution in [3.05, 3.63) is 65.0 Å². The lowest BCUT2D eigenvalue weighted by atomic mass is 10.0. The first kappa shape index (κ1) is 22.4. The van der Waals surface area contributed by atoms with Gasteiger partial charge < -0.3 is 9.64 Å². The van der Waals surface area contributed by atoms with Gasteiger partial charge >= 0.3 is 0 Å². The second kappa shape index (κ2) is 9.79.